The predicted molar refractivity (Wildman–Crippen MR) is 56.8 cm³/mol. The first-order chi connectivity index (χ1) is 6.70. The molecular weight excluding hydrogens is 269 g/mol. The van der Waals surface area contributed by atoms with E-state index in [0.717, 1.165) is 0 Å². The van der Waals surface area contributed by atoms with Crippen molar-refractivity contribution in [2.75, 3.05) is 5.88 Å². The average molecular weight is 275 g/mol. The van der Waals surface area contributed by atoms with Crippen LogP contribution in [0.3, 0.4) is 0 Å². The zero-order chi connectivity index (χ0) is 10.1. The van der Waals surface area contributed by atoms with E-state index in [4.69, 9.17) is 16.0 Å². The Labute approximate surface area is 93.2 Å². The number of nitrogens with zero attached hydrogens (tertiary/aromatic N) is 1. The van der Waals surface area contributed by atoms with Gasteiger partial charge >= 0.3 is 0 Å². The topological polar surface area (TPSA) is 43.1 Å². The highest BCUT2D eigenvalue weighted by molar-refractivity contribution is 9.10. The van der Waals surface area contributed by atoms with E-state index in [-0.39, 0.29) is 11.7 Å². The Kier molecular flexibility index (Phi) is 2.56. The van der Waals surface area contributed by atoms with Crippen LogP contribution in [0.1, 0.15) is 10.4 Å². The number of alkyl halides is 1. The number of halogens is 2. The van der Waals surface area contributed by atoms with Crippen LogP contribution in [0.5, 0.6) is 0 Å². The third-order valence-corrected chi connectivity index (χ3v) is 2.39. The smallest absolute Gasteiger partial charge is 0.265 e. The molecule has 0 aliphatic rings. The van der Waals surface area contributed by atoms with Crippen LogP contribution in [-0.4, -0.2) is 16.6 Å². The van der Waals surface area contributed by atoms with Gasteiger partial charge in [0.1, 0.15) is 5.52 Å². The maximum absolute atomic E-state index is 11.3. The van der Waals surface area contributed by atoms with Crippen LogP contribution in [0, 0.1) is 0 Å². The summed E-state index contributed by atoms with van der Waals surface area (Å²) in [5, 5.41) is 0. The minimum atomic E-state index is -0.118. The standard InChI is InChI=1S/C9H5BrClNO2/c10-9-12-6-3-5(7(13)4-11)1-2-8(6)14-9/h1-3H,4H2. The molecular formula is C9H5BrClNO2. The fourth-order valence-electron chi connectivity index (χ4n) is 1.15. The number of fused-ring (bicyclic) bond motifs is 1. The number of Topliss-reactive ketones (excluding diaryl/α,β-unsaturated/α-hetero) is 1. The molecule has 0 amide bonds. The van der Waals surface area contributed by atoms with Gasteiger partial charge in [0.25, 0.3) is 4.80 Å². The van der Waals surface area contributed by atoms with Crippen molar-refractivity contribution in [1.82, 2.24) is 4.98 Å². The summed E-state index contributed by atoms with van der Waals surface area (Å²) < 4.78 is 5.20. The lowest BCUT2D eigenvalue weighted by molar-refractivity contribution is 0.102. The Morgan fingerprint density at radius 2 is 2.36 bits per heavy atom. The zero-order valence-electron chi connectivity index (χ0n) is 6.96. The van der Waals surface area contributed by atoms with E-state index in [1.54, 1.807) is 18.2 Å². The lowest BCUT2D eigenvalue weighted by atomic mass is 10.1. The van der Waals surface area contributed by atoms with E-state index < -0.39 is 0 Å². The van der Waals surface area contributed by atoms with E-state index in [2.05, 4.69) is 20.9 Å². The third kappa shape index (κ3) is 1.67. The van der Waals surface area contributed by atoms with Crippen LogP contribution in [0.25, 0.3) is 11.1 Å². The lowest BCUT2D eigenvalue weighted by Gasteiger charge is -1.94. The van der Waals surface area contributed by atoms with Crippen molar-refractivity contribution in [3.05, 3.63) is 28.6 Å². The molecule has 0 spiro atoms. The van der Waals surface area contributed by atoms with Crippen LogP contribution in [0.2, 0.25) is 0 Å². The van der Waals surface area contributed by atoms with Crippen molar-refractivity contribution in [2.24, 2.45) is 0 Å². The predicted octanol–water partition coefficient (Wildman–Crippen LogP) is 3.01. The summed E-state index contributed by atoms with van der Waals surface area (Å²) in [5.74, 6) is -0.141. The first-order valence-electron chi connectivity index (χ1n) is 3.86. The van der Waals surface area contributed by atoms with Gasteiger partial charge in [0, 0.05) is 21.5 Å². The second-order valence-corrected chi connectivity index (χ2v) is 3.65. The van der Waals surface area contributed by atoms with Gasteiger partial charge in [0.05, 0.1) is 5.88 Å². The molecule has 0 saturated carbocycles. The van der Waals surface area contributed by atoms with Crippen molar-refractivity contribution < 1.29 is 9.21 Å². The van der Waals surface area contributed by atoms with Crippen molar-refractivity contribution in [2.45, 2.75) is 0 Å². The Bertz CT molecular complexity index is 495. The minimum Gasteiger partial charge on any atom is -0.431 e. The van der Waals surface area contributed by atoms with Crippen LogP contribution in [0.4, 0.5) is 0 Å². The van der Waals surface area contributed by atoms with Crippen LogP contribution < -0.4 is 0 Å². The maximum atomic E-state index is 11.3. The molecule has 3 nitrogen and oxygen atoms in total. The lowest BCUT2D eigenvalue weighted by Crippen LogP contribution is -1.99. The van der Waals surface area contributed by atoms with Gasteiger partial charge in [0.2, 0.25) is 0 Å². The molecule has 1 heterocycles. The summed E-state index contributed by atoms with van der Waals surface area (Å²) in [5.41, 5.74) is 1.84. The summed E-state index contributed by atoms with van der Waals surface area (Å²) in [6, 6.07) is 5.03. The molecule has 0 N–H and O–H groups in total. The molecule has 0 atom stereocenters. The summed E-state index contributed by atoms with van der Waals surface area (Å²) in [6.45, 7) is 0. The second kappa shape index (κ2) is 3.71. The van der Waals surface area contributed by atoms with E-state index in [1.807, 2.05) is 0 Å². The molecule has 0 fully saturated rings. The molecule has 2 aromatic rings. The van der Waals surface area contributed by atoms with Crippen molar-refractivity contribution in [1.29, 1.82) is 0 Å². The summed E-state index contributed by atoms with van der Waals surface area (Å²) in [4.78, 5) is 15.7. The highest BCUT2D eigenvalue weighted by Gasteiger charge is 2.08. The van der Waals surface area contributed by atoms with E-state index in [1.165, 1.54) is 0 Å². The Balaban J connectivity index is 2.55. The van der Waals surface area contributed by atoms with Gasteiger partial charge < -0.3 is 4.42 Å². The number of hydrogen-bond acceptors (Lipinski definition) is 3. The number of carbonyl (C=O) groups is 1. The maximum Gasteiger partial charge on any atom is 0.265 e. The molecule has 14 heavy (non-hydrogen) atoms. The quantitative estimate of drug-likeness (QED) is 0.624. The zero-order valence-corrected chi connectivity index (χ0v) is 9.30. The van der Waals surface area contributed by atoms with Gasteiger partial charge in [-0.15, -0.1) is 11.6 Å². The number of aromatic nitrogens is 1. The van der Waals surface area contributed by atoms with Gasteiger partial charge in [-0.25, -0.2) is 4.98 Å². The minimum absolute atomic E-state index is 0.0233. The summed E-state index contributed by atoms with van der Waals surface area (Å²) in [7, 11) is 0. The van der Waals surface area contributed by atoms with Crippen LogP contribution in [-0.2, 0) is 0 Å². The fourth-order valence-corrected chi connectivity index (χ4v) is 1.67. The second-order valence-electron chi connectivity index (χ2n) is 2.71. The Morgan fingerprint density at radius 1 is 1.57 bits per heavy atom. The monoisotopic (exact) mass is 273 g/mol. The SMILES string of the molecule is O=C(CCl)c1ccc2oc(Br)nc2c1. The summed E-state index contributed by atoms with van der Waals surface area (Å²) in [6.07, 6.45) is 0. The Morgan fingerprint density at radius 3 is 3.07 bits per heavy atom. The largest absolute Gasteiger partial charge is 0.431 e. The molecule has 0 aliphatic carbocycles. The van der Waals surface area contributed by atoms with Crippen molar-refractivity contribution in [3.63, 3.8) is 0 Å². The highest BCUT2D eigenvalue weighted by atomic mass is 79.9. The molecule has 0 bridgehead atoms. The number of ketones is 1. The van der Waals surface area contributed by atoms with E-state index in [9.17, 15) is 4.79 Å². The fraction of sp³-hybridized carbons (Fsp3) is 0.111. The number of hydrogen-bond donors (Lipinski definition) is 0. The average Bonchev–Trinajstić information content (AvgIpc) is 2.55. The van der Waals surface area contributed by atoms with Crippen molar-refractivity contribution in [3.8, 4) is 0 Å². The normalized spacial score (nSPS) is 10.7. The third-order valence-electron chi connectivity index (χ3n) is 1.80. The van der Waals surface area contributed by atoms with Gasteiger partial charge in [-0.05, 0) is 18.2 Å². The molecule has 1 aromatic carbocycles. The number of benzene rings is 1. The van der Waals surface area contributed by atoms with E-state index in [0.29, 0.717) is 21.5 Å². The van der Waals surface area contributed by atoms with Crippen LogP contribution >= 0.6 is 27.5 Å². The summed E-state index contributed by atoms with van der Waals surface area (Å²) >= 11 is 8.55. The number of oxazole rings is 1. The number of carbonyl (C=O) groups excluding carboxylic acids is 1. The molecule has 2 rings (SSSR count). The van der Waals surface area contributed by atoms with Gasteiger partial charge in [-0.3, -0.25) is 4.79 Å². The molecule has 72 valence electrons. The highest BCUT2D eigenvalue weighted by Crippen LogP contribution is 2.20. The molecule has 0 unspecified atom stereocenters. The van der Waals surface area contributed by atoms with E-state index >= 15 is 0 Å². The molecule has 0 aliphatic heterocycles. The molecule has 5 heteroatoms. The van der Waals surface area contributed by atoms with Gasteiger partial charge in [-0.2, -0.15) is 0 Å². The van der Waals surface area contributed by atoms with Crippen molar-refractivity contribution >= 4 is 44.4 Å². The van der Waals surface area contributed by atoms with Gasteiger partial charge in [-0.1, -0.05) is 0 Å². The molecule has 0 saturated heterocycles. The first-order valence-corrected chi connectivity index (χ1v) is 5.18. The Hall–Kier alpha value is -0.870. The number of rotatable bonds is 2. The molecule has 1 aromatic heterocycles. The van der Waals surface area contributed by atoms with Crippen LogP contribution in [0.15, 0.2) is 27.4 Å². The molecule has 0 radical (unpaired) electrons. The van der Waals surface area contributed by atoms with Gasteiger partial charge in [0.15, 0.2) is 11.4 Å². The first kappa shape index (κ1) is 9.68.